The number of nitrogens with zero attached hydrogens (tertiary/aromatic N) is 2. The van der Waals surface area contributed by atoms with Crippen LogP contribution in [0.1, 0.15) is 18.4 Å². The fraction of sp³-hybridized carbons (Fsp3) is 0.625. The van der Waals surface area contributed by atoms with Crippen LogP contribution in [0.2, 0.25) is 0 Å². The average Bonchev–Trinajstić information content (AvgIpc) is 3.01. The van der Waals surface area contributed by atoms with Crippen LogP contribution in [-0.2, 0) is 16.6 Å². The lowest BCUT2D eigenvalue weighted by atomic mass is 9.98. The summed E-state index contributed by atoms with van der Waals surface area (Å²) in [4.78, 5) is 2.78. The average molecular weight is 360 g/mol. The molecule has 0 aromatic heterocycles. The van der Waals surface area contributed by atoms with E-state index in [1.54, 1.807) is 26.2 Å². The second-order valence-electron chi connectivity index (χ2n) is 6.79. The van der Waals surface area contributed by atoms with Crippen LogP contribution < -0.4 is 5.73 Å². The van der Waals surface area contributed by atoms with Crippen LogP contribution in [0, 0.1) is 11.8 Å². The van der Waals surface area contributed by atoms with Gasteiger partial charge < -0.3 is 5.73 Å². The Kier molecular flexibility index (Phi) is 5.74. The van der Waals surface area contributed by atoms with Crippen molar-refractivity contribution in [1.29, 1.82) is 0 Å². The maximum absolute atomic E-state index is 12.2. The van der Waals surface area contributed by atoms with E-state index in [0.29, 0.717) is 16.9 Å². The Morgan fingerprint density at radius 2 is 2.00 bits per heavy atom. The highest BCUT2D eigenvalue weighted by atomic mass is 35.5. The Balaban J connectivity index is 0.00000192. The molecule has 1 aromatic rings. The number of hydrogen-bond acceptors (Lipinski definition) is 4. The van der Waals surface area contributed by atoms with Crippen LogP contribution >= 0.6 is 12.4 Å². The van der Waals surface area contributed by atoms with Crippen LogP contribution in [0.5, 0.6) is 0 Å². The Labute approximate surface area is 145 Å². The molecule has 0 spiro atoms. The molecule has 0 bridgehead atoms. The van der Waals surface area contributed by atoms with Gasteiger partial charge in [-0.3, -0.25) is 4.90 Å². The molecule has 23 heavy (non-hydrogen) atoms. The molecule has 5 nitrogen and oxygen atoms in total. The Bertz CT molecular complexity index is 650. The minimum atomic E-state index is -3.36. The van der Waals surface area contributed by atoms with E-state index in [4.69, 9.17) is 5.73 Å². The highest BCUT2D eigenvalue weighted by Crippen LogP contribution is 2.37. The van der Waals surface area contributed by atoms with E-state index < -0.39 is 10.0 Å². The highest BCUT2D eigenvalue weighted by Gasteiger charge is 2.40. The number of sulfonamides is 1. The van der Waals surface area contributed by atoms with Crippen molar-refractivity contribution in [3.63, 3.8) is 0 Å². The molecule has 1 aliphatic heterocycles. The molecule has 0 radical (unpaired) electrons. The molecule has 1 saturated carbocycles. The summed E-state index contributed by atoms with van der Waals surface area (Å²) in [5, 5.41) is 0. The first-order chi connectivity index (χ1) is 10.4. The Hall–Kier alpha value is -0.660. The molecule has 2 N–H and O–H groups in total. The minimum Gasteiger partial charge on any atom is -0.327 e. The standard InChI is InChI=1S/C16H25N3O2S.ClH/c1-18(2)22(20,21)14-5-3-4-12(8-14)9-19-10-13-6-7-16(17)15(13)11-19;/h3-5,8,13,15-16H,6-7,9-11,17H2,1-2H3;1H. The fourth-order valence-electron chi connectivity index (χ4n) is 3.80. The van der Waals surface area contributed by atoms with Gasteiger partial charge in [-0.05, 0) is 42.4 Å². The van der Waals surface area contributed by atoms with E-state index in [1.807, 2.05) is 12.1 Å². The smallest absolute Gasteiger partial charge is 0.242 e. The molecule has 130 valence electrons. The zero-order valence-corrected chi connectivity index (χ0v) is 15.3. The van der Waals surface area contributed by atoms with Crippen molar-refractivity contribution < 1.29 is 8.42 Å². The number of fused-ring (bicyclic) bond motifs is 1. The zero-order chi connectivity index (χ0) is 15.9. The van der Waals surface area contributed by atoms with E-state index in [2.05, 4.69) is 4.90 Å². The molecule has 1 saturated heterocycles. The first-order valence-corrected chi connectivity index (χ1v) is 9.31. The fourth-order valence-corrected chi connectivity index (χ4v) is 4.77. The second-order valence-corrected chi connectivity index (χ2v) is 8.95. The monoisotopic (exact) mass is 359 g/mol. The molecule has 2 fully saturated rings. The molecule has 0 amide bonds. The van der Waals surface area contributed by atoms with Gasteiger partial charge in [0, 0.05) is 39.8 Å². The molecule has 1 aromatic carbocycles. The predicted octanol–water partition coefficient (Wildman–Crippen LogP) is 1.53. The summed E-state index contributed by atoms with van der Waals surface area (Å²) in [6.07, 6.45) is 2.39. The van der Waals surface area contributed by atoms with Gasteiger partial charge in [-0.1, -0.05) is 12.1 Å². The van der Waals surface area contributed by atoms with Gasteiger partial charge in [0.1, 0.15) is 0 Å². The van der Waals surface area contributed by atoms with E-state index in [9.17, 15) is 8.42 Å². The molecular formula is C16H26ClN3O2S. The van der Waals surface area contributed by atoms with Crippen molar-refractivity contribution in [3.05, 3.63) is 29.8 Å². The van der Waals surface area contributed by atoms with Gasteiger partial charge >= 0.3 is 0 Å². The number of rotatable bonds is 4. The van der Waals surface area contributed by atoms with Crippen LogP contribution in [0.15, 0.2) is 29.2 Å². The summed E-state index contributed by atoms with van der Waals surface area (Å²) < 4.78 is 25.7. The van der Waals surface area contributed by atoms with Crippen LogP contribution in [0.4, 0.5) is 0 Å². The van der Waals surface area contributed by atoms with Gasteiger partial charge in [-0.2, -0.15) is 0 Å². The Morgan fingerprint density at radius 1 is 1.26 bits per heavy atom. The molecule has 3 unspecified atom stereocenters. The lowest BCUT2D eigenvalue weighted by Gasteiger charge is -2.19. The summed E-state index contributed by atoms with van der Waals surface area (Å²) in [5.41, 5.74) is 7.23. The maximum Gasteiger partial charge on any atom is 0.242 e. The molecule has 3 atom stereocenters. The molecule has 1 heterocycles. The lowest BCUT2D eigenvalue weighted by molar-refractivity contribution is 0.298. The molecular weight excluding hydrogens is 334 g/mol. The summed E-state index contributed by atoms with van der Waals surface area (Å²) in [6.45, 7) is 2.93. The lowest BCUT2D eigenvalue weighted by Crippen LogP contribution is -2.30. The summed E-state index contributed by atoms with van der Waals surface area (Å²) in [7, 11) is -0.241. The first kappa shape index (κ1) is 18.7. The van der Waals surface area contributed by atoms with Crippen molar-refractivity contribution in [3.8, 4) is 0 Å². The third-order valence-electron chi connectivity index (χ3n) is 5.07. The van der Waals surface area contributed by atoms with Gasteiger partial charge in [-0.15, -0.1) is 12.4 Å². The van der Waals surface area contributed by atoms with Gasteiger partial charge in [-0.25, -0.2) is 12.7 Å². The molecule has 2 aliphatic rings. The van der Waals surface area contributed by atoms with Gasteiger partial charge in [0.05, 0.1) is 4.90 Å². The van der Waals surface area contributed by atoms with E-state index in [-0.39, 0.29) is 12.4 Å². The minimum absolute atomic E-state index is 0. The van der Waals surface area contributed by atoms with Crippen molar-refractivity contribution >= 4 is 22.4 Å². The summed E-state index contributed by atoms with van der Waals surface area (Å²) in [6, 6.07) is 7.63. The van der Waals surface area contributed by atoms with Crippen molar-refractivity contribution in [1.82, 2.24) is 9.21 Å². The van der Waals surface area contributed by atoms with Crippen molar-refractivity contribution in [2.24, 2.45) is 17.6 Å². The van der Waals surface area contributed by atoms with Crippen LogP contribution in [0.3, 0.4) is 0 Å². The van der Waals surface area contributed by atoms with Crippen LogP contribution in [-0.4, -0.2) is 50.8 Å². The Morgan fingerprint density at radius 3 is 2.65 bits per heavy atom. The highest BCUT2D eigenvalue weighted by molar-refractivity contribution is 7.89. The predicted molar refractivity (Wildman–Crippen MR) is 94.0 cm³/mol. The normalized spacial score (nSPS) is 27.9. The van der Waals surface area contributed by atoms with Crippen LogP contribution in [0.25, 0.3) is 0 Å². The maximum atomic E-state index is 12.2. The molecule has 7 heteroatoms. The number of likely N-dealkylation sites (tertiary alicyclic amines) is 1. The van der Waals surface area contributed by atoms with Gasteiger partial charge in [0.15, 0.2) is 0 Å². The third kappa shape index (κ3) is 3.72. The number of halogens is 1. The van der Waals surface area contributed by atoms with E-state index in [0.717, 1.165) is 37.5 Å². The molecule has 3 rings (SSSR count). The largest absolute Gasteiger partial charge is 0.327 e. The van der Waals surface area contributed by atoms with Gasteiger partial charge in [0.2, 0.25) is 10.0 Å². The molecule has 1 aliphatic carbocycles. The SMILES string of the molecule is CN(C)S(=O)(=O)c1cccc(CN2CC3CCC(N)C3C2)c1.Cl. The second kappa shape index (κ2) is 7.07. The number of benzene rings is 1. The number of nitrogens with two attached hydrogens (primary N) is 1. The van der Waals surface area contributed by atoms with E-state index >= 15 is 0 Å². The zero-order valence-electron chi connectivity index (χ0n) is 13.7. The quantitative estimate of drug-likeness (QED) is 0.885. The van der Waals surface area contributed by atoms with Crippen molar-refractivity contribution in [2.45, 2.75) is 30.3 Å². The summed E-state index contributed by atoms with van der Waals surface area (Å²) >= 11 is 0. The van der Waals surface area contributed by atoms with Crippen molar-refractivity contribution in [2.75, 3.05) is 27.2 Å². The summed E-state index contributed by atoms with van der Waals surface area (Å²) in [5.74, 6) is 1.34. The topological polar surface area (TPSA) is 66.6 Å². The third-order valence-corrected chi connectivity index (χ3v) is 6.88. The first-order valence-electron chi connectivity index (χ1n) is 7.87. The van der Waals surface area contributed by atoms with Gasteiger partial charge in [0.25, 0.3) is 0 Å². The van der Waals surface area contributed by atoms with E-state index in [1.165, 1.54) is 10.7 Å². The number of hydrogen-bond donors (Lipinski definition) is 1.